The topological polar surface area (TPSA) is 114 Å². The van der Waals surface area contributed by atoms with Crippen molar-refractivity contribution in [3.63, 3.8) is 0 Å². The van der Waals surface area contributed by atoms with Gasteiger partial charge in [-0.1, -0.05) is 11.6 Å². The van der Waals surface area contributed by atoms with E-state index in [4.69, 9.17) is 0 Å². The summed E-state index contributed by atoms with van der Waals surface area (Å²) in [4.78, 5) is 18.6. The second kappa shape index (κ2) is 8.81. The third-order valence-electron chi connectivity index (χ3n) is 7.44. The summed E-state index contributed by atoms with van der Waals surface area (Å²) < 4.78 is 44.2. The molecule has 0 saturated carbocycles. The van der Waals surface area contributed by atoms with Gasteiger partial charge in [-0.2, -0.15) is 14.5 Å². The Balaban J connectivity index is 1.47. The van der Waals surface area contributed by atoms with Gasteiger partial charge in [0.15, 0.2) is 5.78 Å². The second-order valence-corrected chi connectivity index (χ2v) is 11.6. The van der Waals surface area contributed by atoms with Gasteiger partial charge in [-0.15, -0.1) is 0 Å². The lowest BCUT2D eigenvalue weighted by Gasteiger charge is -2.44. The molecular weight excluding hydrogens is 507 g/mol. The van der Waals surface area contributed by atoms with E-state index in [1.807, 2.05) is 6.08 Å². The van der Waals surface area contributed by atoms with Gasteiger partial charge in [-0.25, -0.2) is 17.5 Å². The van der Waals surface area contributed by atoms with E-state index in [0.29, 0.717) is 23.5 Å². The molecule has 38 heavy (non-hydrogen) atoms. The van der Waals surface area contributed by atoms with Gasteiger partial charge in [-0.3, -0.25) is 14.9 Å². The number of carbonyl (C=O) groups is 1. The van der Waals surface area contributed by atoms with Gasteiger partial charge >= 0.3 is 0 Å². The molecule has 4 aromatic rings. The van der Waals surface area contributed by atoms with Crippen molar-refractivity contribution in [3.05, 3.63) is 94.6 Å². The Morgan fingerprint density at radius 2 is 1.92 bits per heavy atom. The molecule has 2 aliphatic rings. The van der Waals surface area contributed by atoms with Crippen LogP contribution < -0.4 is 0 Å². The number of aromatic amines is 1. The number of Topliss-reactive ketones (excluding diaryl/α,β-unsaturated/α-hetero) is 1. The number of fused-ring (bicyclic) bond motifs is 2. The number of benzene rings is 1. The fraction of sp³-hybridized carbons (Fsp3) is 0.259. The summed E-state index contributed by atoms with van der Waals surface area (Å²) >= 11 is 0. The number of aryl methyl sites for hydroxylation is 2. The van der Waals surface area contributed by atoms with E-state index in [9.17, 15) is 17.6 Å². The normalized spacial score (nSPS) is 19.5. The largest absolute Gasteiger partial charge is 0.291 e. The van der Waals surface area contributed by atoms with Gasteiger partial charge in [0.2, 0.25) is 10.0 Å². The van der Waals surface area contributed by atoms with E-state index >= 15 is 0 Å². The van der Waals surface area contributed by atoms with Crippen LogP contribution in [0.25, 0.3) is 11.8 Å². The zero-order valence-electron chi connectivity index (χ0n) is 20.8. The maximum Gasteiger partial charge on any atom is 0.246 e. The van der Waals surface area contributed by atoms with Crippen LogP contribution in [0.2, 0.25) is 0 Å². The quantitative estimate of drug-likeness (QED) is 0.393. The fourth-order valence-corrected chi connectivity index (χ4v) is 7.43. The average molecular weight is 533 g/mol. The molecule has 1 N–H and O–H groups in total. The zero-order chi connectivity index (χ0) is 26.7. The lowest BCUT2D eigenvalue weighted by atomic mass is 9.65. The fourth-order valence-electron chi connectivity index (χ4n) is 5.60. The molecule has 3 aromatic heterocycles. The Labute approximate surface area is 219 Å². The monoisotopic (exact) mass is 532 g/mol. The predicted octanol–water partition coefficient (Wildman–Crippen LogP) is 3.65. The minimum absolute atomic E-state index is 0.0260. The summed E-state index contributed by atoms with van der Waals surface area (Å²) in [5.74, 6) is -0.574. The Kier molecular flexibility index (Phi) is 5.65. The van der Waals surface area contributed by atoms with Gasteiger partial charge in [-0.05, 0) is 74.7 Å². The number of halogens is 1. The molecule has 0 bridgehead atoms. The number of hydrogen-bond donors (Lipinski definition) is 1. The maximum atomic E-state index is 14.2. The first-order chi connectivity index (χ1) is 18.2. The number of nitrogens with zero attached hydrogens (tertiary/aromatic N) is 5. The Morgan fingerprint density at radius 3 is 2.61 bits per heavy atom. The lowest BCUT2D eigenvalue weighted by Crippen LogP contribution is -2.53. The number of pyridine rings is 1. The van der Waals surface area contributed by atoms with E-state index in [2.05, 4.69) is 20.3 Å². The predicted molar refractivity (Wildman–Crippen MR) is 138 cm³/mol. The van der Waals surface area contributed by atoms with Crippen LogP contribution in [0.5, 0.6) is 0 Å². The van der Waals surface area contributed by atoms with E-state index in [0.717, 1.165) is 16.8 Å². The van der Waals surface area contributed by atoms with E-state index in [1.165, 1.54) is 16.4 Å². The summed E-state index contributed by atoms with van der Waals surface area (Å²) in [6, 6.07) is 11.2. The molecule has 0 spiro atoms. The molecule has 11 heteroatoms. The van der Waals surface area contributed by atoms with Crippen LogP contribution in [0.1, 0.15) is 39.6 Å². The molecule has 194 valence electrons. The molecule has 1 aliphatic carbocycles. The van der Waals surface area contributed by atoms with Crippen molar-refractivity contribution >= 4 is 21.9 Å². The molecule has 1 aliphatic heterocycles. The van der Waals surface area contributed by atoms with Crippen molar-refractivity contribution in [3.8, 4) is 5.69 Å². The third-order valence-corrected chi connectivity index (χ3v) is 9.55. The Morgan fingerprint density at radius 1 is 1.13 bits per heavy atom. The van der Waals surface area contributed by atoms with Gasteiger partial charge in [0.05, 0.1) is 34.4 Å². The SMILES string of the molecule is Cc1n[nH]c(C)c1S(=O)(=O)N1CCC2=Cc3c(cnn3-c3ccc(F)cc3)C[C@]2(C(=O)c2ccccn2)C1. The number of piperidine rings is 1. The Bertz CT molecular complexity index is 1670. The highest BCUT2D eigenvalue weighted by atomic mass is 32.2. The van der Waals surface area contributed by atoms with Crippen LogP contribution in [-0.4, -0.2) is 56.6 Å². The second-order valence-electron chi connectivity index (χ2n) is 9.77. The van der Waals surface area contributed by atoms with E-state index in [-0.39, 0.29) is 41.7 Å². The summed E-state index contributed by atoms with van der Waals surface area (Å²) in [5.41, 5.74) is 3.11. The first kappa shape index (κ1) is 24.4. The maximum absolute atomic E-state index is 14.2. The third kappa shape index (κ3) is 3.72. The van der Waals surface area contributed by atoms with Crippen molar-refractivity contribution in [2.45, 2.75) is 31.6 Å². The Hall–Kier alpha value is -3.96. The van der Waals surface area contributed by atoms with E-state index < -0.39 is 15.4 Å². The minimum Gasteiger partial charge on any atom is -0.291 e. The number of rotatable bonds is 5. The highest BCUT2D eigenvalue weighted by molar-refractivity contribution is 7.89. The standard InChI is InChI=1S/C27H25FN6O3S/c1-17-25(18(2)32-31-17)38(36,37)33-12-10-20-13-24-19(15-30-34(24)22-8-6-21(28)7-9-22)14-27(20,16-33)26(35)23-5-3-4-11-29-23/h3-9,11,13,15H,10,12,14,16H2,1-2H3,(H,31,32)/t27-/m0/s1. The van der Waals surface area contributed by atoms with Gasteiger partial charge < -0.3 is 0 Å². The molecular formula is C27H25FN6O3S. The molecule has 0 amide bonds. The molecule has 0 unspecified atom stereocenters. The molecule has 1 aromatic carbocycles. The van der Waals surface area contributed by atoms with Gasteiger partial charge in [0.25, 0.3) is 0 Å². The van der Waals surface area contributed by atoms with Crippen molar-refractivity contribution in [1.82, 2.24) is 29.3 Å². The van der Waals surface area contributed by atoms with Gasteiger partial charge in [0.1, 0.15) is 16.4 Å². The first-order valence-corrected chi connectivity index (χ1v) is 13.7. The molecule has 6 rings (SSSR count). The van der Waals surface area contributed by atoms with Crippen LogP contribution in [0.4, 0.5) is 4.39 Å². The van der Waals surface area contributed by atoms with Crippen LogP contribution in [0.3, 0.4) is 0 Å². The number of nitrogens with one attached hydrogen (secondary N) is 1. The summed E-state index contributed by atoms with van der Waals surface area (Å²) in [6.45, 7) is 3.52. The van der Waals surface area contributed by atoms with Gasteiger partial charge in [0, 0.05) is 19.3 Å². The van der Waals surface area contributed by atoms with Crippen LogP contribution in [0, 0.1) is 25.1 Å². The molecule has 1 atom stereocenters. The summed E-state index contributed by atoms with van der Waals surface area (Å²) in [7, 11) is -3.92. The van der Waals surface area contributed by atoms with Crippen molar-refractivity contribution in [2.75, 3.05) is 13.1 Å². The lowest BCUT2D eigenvalue weighted by molar-refractivity contribution is 0.0770. The number of H-pyrrole nitrogens is 1. The molecule has 1 saturated heterocycles. The van der Waals surface area contributed by atoms with Crippen molar-refractivity contribution in [2.24, 2.45) is 5.41 Å². The van der Waals surface area contributed by atoms with E-state index in [1.54, 1.807) is 61.3 Å². The number of sulfonamides is 1. The smallest absolute Gasteiger partial charge is 0.246 e. The number of carbonyl (C=O) groups excluding carboxylic acids is 1. The van der Waals surface area contributed by atoms with Crippen LogP contribution in [0.15, 0.2) is 65.3 Å². The van der Waals surface area contributed by atoms with Crippen LogP contribution in [-0.2, 0) is 16.4 Å². The highest BCUT2D eigenvalue weighted by Crippen LogP contribution is 2.47. The molecule has 9 nitrogen and oxygen atoms in total. The zero-order valence-corrected chi connectivity index (χ0v) is 21.7. The highest BCUT2D eigenvalue weighted by Gasteiger charge is 2.51. The average Bonchev–Trinajstić information content (AvgIpc) is 3.49. The first-order valence-electron chi connectivity index (χ1n) is 12.2. The summed E-state index contributed by atoms with van der Waals surface area (Å²) in [6.07, 6.45) is 5.82. The minimum atomic E-state index is -3.92. The number of aromatic nitrogens is 5. The molecule has 0 radical (unpaired) electrons. The van der Waals surface area contributed by atoms with Crippen molar-refractivity contribution in [1.29, 1.82) is 0 Å². The molecule has 4 heterocycles. The van der Waals surface area contributed by atoms with Crippen molar-refractivity contribution < 1.29 is 17.6 Å². The molecule has 1 fully saturated rings. The number of ketones is 1. The summed E-state index contributed by atoms with van der Waals surface area (Å²) in [5, 5.41) is 11.4. The number of hydrogen-bond acceptors (Lipinski definition) is 6. The van der Waals surface area contributed by atoms with Crippen LogP contribution >= 0.6 is 0 Å².